The summed E-state index contributed by atoms with van der Waals surface area (Å²) >= 11 is 0. The van der Waals surface area contributed by atoms with Gasteiger partial charge < -0.3 is 5.32 Å². The number of hydrogen-bond acceptors (Lipinski definition) is 1. The van der Waals surface area contributed by atoms with Gasteiger partial charge in [0.25, 0.3) is 0 Å². The van der Waals surface area contributed by atoms with Crippen molar-refractivity contribution in [1.82, 2.24) is 5.32 Å². The molecule has 0 aliphatic heterocycles. The molecule has 0 saturated heterocycles. The molecule has 0 heterocycles. The Morgan fingerprint density at radius 3 is 2.58 bits per heavy atom. The van der Waals surface area contributed by atoms with E-state index in [9.17, 15) is 4.79 Å². The van der Waals surface area contributed by atoms with Crippen molar-refractivity contribution >= 4 is 12.1 Å². The summed E-state index contributed by atoms with van der Waals surface area (Å²) in [5, 5.41) is 2.77. The van der Waals surface area contributed by atoms with Crippen LogP contribution in [0.15, 0.2) is 0 Å². The summed E-state index contributed by atoms with van der Waals surface area (Å²) in [7, 11) is 4.04. The van der Waals surface area contributed by atoms with Crippen LogP contribution in [0.3, 0.4) is 0 Å². The number of carbonyl (C=O) groups is 1. The summed E-state index contributed by atoms with van der Waals surface area (Å²) in [6.45, 7) is 2.35. The molecule has 1 amide bonds. The second-order valence-electron chi connectivity index (χ2n) is 3.12. The van der Waals surface area contributed by atoms with Gasteiger partial charge in [0.2, 0.25) is 5.91 Å². The van der Waals surface area contributed by atoms with Gasteiger partial charge in [-0.15, -0.1) is 0 Å². The van der Waals surface area contributed by atoms with Crippen LogP contribution < -0.4 is 5.32 Å². The Labute approximate surface area is 74.5 Å². The van der Waals surface area contributed by atoms with E-state index in [1.165, 1.54) is 0 Å². The summed E-state index contributed by atoms with van der Waals surface area (Å²) in [5.74, 6) is 0.0617. The second kappa shape index (κ2) is 6.83. The fraction of sp³-hybridized carbons (Fsp3) is 0.778. The first-order valence-corrected chi connectivity index (χ1v) is 4.37. The fourth-order valence-electron chi connectivity index (χ4n) is 0.883. The minimum absolute atomic E-state index is 0.0617. The molecule has 0 spiro atoms. The maximum atomic E-state index is 10.5. The molecule has 0 saturated carbocycles. The third-order valence-corrected chi connectivity index (χ3v) is 1.50. The molecule has 0 aliphatic rings. The van der Waals surface area contributed by atoms with E-state index in [0.717, 1.165) is 25.8 Å². The Bertz CT molecular complexity index is 160. The van der Waals surface area contributed by atoms with Crippen molar-refractivity contribution in [3.63, 3.8) is 0 Å². The van der Waals surface area contributed by atoms with Gasteiger partial charge in [-0.05, 0) is 12.8 Å². The molecule has 3 heteroatoms. The maximum Gasteiger partial charge on any atom is 0.216 e. The van der Waals surface area contributed by atoms with Crippen LogP contribution in [0.25, 0.3) is 0 Å². The SMILES string of the molecule is CC(=O)[15NH]CCCCC=[N+](C)C. The van der Waals surface area contributed by atoms with Crippen LogP contribution in [-0.2, 0) is 4.79 Å². The Morgan fingerprint density at radius 1 is 1.42 bits per heavy atom. The van der Waals surface area contributed by atoms with E-state index >= 15 is 0 Å². The Morgan fingerprint density at radius 2 is 2.08 bits per heavy atom. The van der Waals surface area contributed by atoms with Gasteiger partial charge in [0.15, 0.2) is 0 Å². The number of nitrogens with one attached hydrogen (secondary N) is 1. The minimum Gasteiger partial charge on any atom is -0.356 e. The van der Waals surface area contributed by atoms with Crippen LogP contribution in [0, 0.1) is 0 Å². The molecule has 0 radical (unpaired) electrons. The van der Waals surface area contributed by atoms with Crippen molar-refractivity contribution in [1.29, 1.82) is 0 Å². The van der Waals surface area contributed by atoms with Gasteiger partial charge in [0.1, 0.15) is 20.3 Å². The Kier molecular flexibility index (Phi) is 6.34. The molecule has 0 rings (SSSR count). The zero-order valence-electron chi connectivity index (χ0n) is 8.26. The lowest BCUT2D eigenvalue weighted by molar-refractivity contribution is -0.460. The van der Waals surface area contributed by atoms with Crippen LogP contribution in [0.5, 0.6) is 0 Å². The predicted molar refractivity (Wildman–Crippen MR) is 50.7 cm³/mol. The monoisotopic (exact) mass is 172 g/mol. The van der Waals surface area contributed by atoms with Gasteiger partial charge in [-0.25, -0.2) is 4.58 Å². The molecule has 12 heavy (non-hydrogen) atoms. The average molecular weight is 172 g/mol. The van der Waals surface area contributed by atoms with Crippen molar-refractivity contribution < 1.29 is 9.37 Å². The third kappa shape index (κ3) is 9.14. The number of nitrogens with zero attached hydrogens (tertiary/aromatic N) is 1. The first-order chi connectivity index (χ1) is 5.63. The van der Waals surface area contributed by atoms with Gasteiger partial charge in [0.05, 0.1) is 0 Å². The molecule has 3 nitrogen and oxygen atoms in total. The Hall–Kier alpha value is -0.860. The van der Waals surface area contributed by atoms with Crippen molar-refractivity contribution in [2.45, 2.75) is 26.2 Å². The van der Waals surface area contributed by atoms with E-state index in [4.69, 9.17) is 0 Å². The predicted octanol–water partition coefficient (Wildman–Crippen LogP) is 0.636. The molecule has 0 bridgehead atoms. The standard InChI is InChI=1S/C9H18N2O/c1-9(12)10-7-5-4-6-8-11(2)3/h8H,4-7H2,1-3H3/p+1/i10+1. The van der Waals surface area contributed by atoms with Crippen LogP contribution in [0.4, 0.5) is 0 Å². The van der Waals surface area contributed by atoms with Gasteiger partial charge >= 0.3 is 0 Å². The molecule has 0 aromatic rings. The zero-order valence-corrected chi connectivity index (χ0v) is 8.26. The smallest absolute Gasteiger partial charge is 0.216 e. The van der Waals surface area contributed by atoms with E-state index in [2.05, 4.69) is 16.1 Å². The molecule has 70 valence electrons. The lowest BCUT2D eigenvalue weighted by Gasteiger charge is -1.98. The summed E-state index contributed by atoms with van der Waals surface area (Å²) in [6, 6.07) is 0. The second-order valence-corrected chi connectivity index (χ2v) is 3.12. The molecule has 0 aromatic heterocycles. The van der Waals surface area contributed by atoms with E-state index in [-0.39, 0.29) is 5.91 Å². The van der Waals surface area contributed by atoms with Gasteiger partial charge in [-0.1, -0.05) is 0 Å². The topological polar surface area (TPSA) is 32.1 Å². The Balaban J connectivity index is 3.11. The third-order valence-electron chi connectivity index (χ3n) is 1.50. The zero-order chi connectivity index (χ0) is 9.40. The van der Waals surface area contributed by atoms with Crippen LogP contribution in [0.1, 0.15) is 26.2 Å². The summed E-state index contributed by atoms with van der Waals surface area (Å²) in [6.07, 6.45) is 5.43. The van der Waals surface area contributed by atoms with E-state index in [1.807, 2.05) is 14.1 Å². The largest absolute Gasteiger partial charge is 0.356 e. The first kappa shape index (κ1) is 11.1. The van der Waals surface area contributed by atoms with Crippen molar-refractivity contribution in [3.05, 3.63) is 0 Å². The van der Waals surface area contributed by atoms with Crippen LogP contribution in [0.2, 0.25) is 0 Å². The van der Waals surface area contributed by atoms with E-state index in [0.29, 0.717) is 0 Å². The molecule has 1 N–H and O–H groups in total. The number of amides is 1. The average Bonchev–Trinajstić information content (AvgIpc) is 1.95. The number of rotatable bonds is 5. The highest BCUT2D eigenvalue weighted by Crippen LogP contribution is 1.90. The highest BCUT2D eigenvalue weighted by molar-refractivity contribution is 5.72. The van der Waals surface area contributed by atoms with Crippen LogP contribution >= 0.6 is 0 Å². The highest BCUT2D eigenvalue weighted by atomic mass is 16.2. The quantitative estimate of drug-likeness (QED) is 0.280. The van der Waals surface area contributed by atoms with Crippen LogP contribution in [-0.4, -0.2) is 37.3 Å². The fourth-order valence-corrected chi connectivity index (χ4v) is 0.883. The number of carbonyl (C=O) groups excluding carboxylic acids is 1. The van der Waals surface area contributed by atoms with Crippen molar-refractivity contribution in [3.8, 4) is 0 Å². The number of unbranched alkanes of at least 4 members (excludes halogenated alkanes) is 2. The molecule has 0 unspecified atom stereocenters. The molecule has 0 fully saturated rings. The lowest BCUT2D eigenvalue weighted by atomic mass is 10.2. The van der Waals surface area contributed by atoms with Crippen molar-refractivity contribution in [2.24, 2.45) is 0 Å². The molecular formula is C9H19N2O+. The molecule has 0 aliphatic carbocycles. The van der Waals surface area contributed by atoms with Gasteiger partial charge in [0, 0.05) is 19.9 Å². The van der Waals surface area contributed by atoms with Crippen molar-refractivity contribution in [2.75, 3.05) is 20.6 Å². The van der Waals surface area contributed by atoms with Gasteiger partial charge in [-0.2, -0.15) is 0 Å². The summed E-state index contributed by atoms with van der Waals surface area (Å²) in [5.41, 5.74) is 0. The molecule has 0 atom stereocenters. The lowest BCUT2D eigenvalue weighted by Crippen LogP contribution is -2.20. The number of hydrogen-bond donors (Lipinski definition) is 1. The molecule has 0 aromatic carbocycles. The summed E-state index contributed by atoms with van der Waals surface area (Å²) < 4.78 is 2.05. The maximum absolute atomic E-state index is 10.5. The van der Waals surface area contributed by atoms with E-state index < -0.39 is 0 Å². The molecular weight excluding hydrogens is 153 g/mol. The minimum atomic E-state index is 0.0617. The normalized spacial score (nSPS) is 9.25. The van der Waals surface area contributed by atoms with E-state index in [1.54, 1.807) is 6.92 Å². The first-order valence-electron chi connectivity index (χ1n) is 4.37. The highest BCUT2D eigenvalue weighted by Gasteiger charge is 1.91. The van der Waals surface area contributed by atoms with Gasteiger partial charge in [-0.3, -0.25) is 4.79 Å². The summed E-state index contributed by atoms with van der Waals surface area (Å²) in [4.78, 5) is 10.5.